The van der Waals surface area contributed by atoms with E-state index in [1.165, 1.54) is 12.8 Å². The molecule has 0 amide bonds. The molecule has 2 fully saturated rings. The van der Waals surface area contributed by atoms with Gasteiger partial charge in [0.25, 0.3) is 0 Å². The molecule has 0 spiro atoms. The fourth-order valence-corrected chi connectivity index (χ4v) is 3.06. The molecule has 0 heterocycles. The predicted molar refractivity (Wildman–Crippen MR) is 54.3 cm³/mol. The summed E-state index contributed by atoms with van der Waals surface area (Å²) in [6.45, 7) is 8.89. The summed E-state index contributed by atoms with van der Waals surface area (Å²) in [5.74, 6) is 3.16. The van der Waals surface area contributed by atoms with Gasteiger partial charge in [-0.1, -0.05) is 27.7 Å². The molecule has 1 heteroatoms. The van der Waals surface area contributed by atoms with Crippen molar-refractivity contribution >= 4 is 0 Å². The minimum Gasteiger partial charge on any atom is -0.389 e. The van der Waals surface area contributed by atoms with Gasteiger partial charge in [-0.25, -0.2) is 0 Å². The largest absolute Gasteiger partial charge is 0.389 e. The van der Waals surface area contributed by atoms with E-state index >= 15 is 0 Å². The third-order valence-electron chi connectivity index (χ3n) is 4.33. The van der Waals surface area contributed by atoms with Crippen LogP contribution in [0.25, 0.3) is 0 Å². The van der Waals surface area contributed by atoms with Crippen LogP contribution in [-0.2, 0) is 0 Å². The van der Waals surface area contributed by atoms with Crippen LogP contribution in [0.2, 0.25) is 0 Å². The Morgan fingerprint density at radius 3 is 1.54 bits per heavy atom. The quantitative estimate of drug-likeness (QED) is 0.711. The molecule has 76 valence electrons. The van der Waals surface area contributed by atoms with Gasteiger partial charge in [0, 0.05) is 0 Å². The number of aliphatic hydroxyl groups is 1. The molecule has 2 rings (SSSR count). The summed E-state index contributed by atoms with van der Waals surface area (Å²) >= 11 is 0. The van der Waals surface area contributed by atoms with Crippen LogP contribution in [0.3, 0.4) is 0 Å². The standard InChI is InChI=1S/C12H22O/c1-7(2)12(13,10-5-8(10)3)11-6-9(11)4/h7-11,13H,5-6H2,1-4H3/t8-,9+,10+,11-,12?. The first kappa shape index (κ1) is 9.51. The Bertz CT molecular complexity index is 193. The van der Waals surface area contributed by atoms with Crippen LogP contribution in [0, 0.1) is 29.6 Å². The summed E-state index contributed by atoms with van der Waals surface area (Å²) in [6, 6.07) is 0. The first-order valence-electron chi connectivity index (χ1n) is 5.70. The van der Waals surface area contributed by atoms with Crippen LogP contribution in [0.1, 0.15) is 40.5 Å². The maximum absolute atomic E-state index is 10.7. The summed E-state index contributed by atoms with van der Waals surface area (Å²) < 4.78 is 0. The molecule has 2 saturated carbocycles. The molecule has 1 unspecified atom stereocenters. The lowest BCUT2D eigenvalue weighted by Gasteiger charge is -2.33. The molecule has 0 aromatic carbocycles. The fraction of sp³-hybridized carbons (Fsp3) is 1.00. The van der Waals surface area contributed by atoms with Crippen LogP contribution in [0.15, 0.2) is 0 Å². The van der Waals surface area contributed by atoms with Gasteiger partial charge < -0.3 is 5.11 Å². The molecule has 0 aromatic rings. The van der Waals surface area contributed by atoms with Gasteiger partial charge in [0.05, 0.1) is 5.60 Å². The second kappa shape index (κ2) is 2.73. The Kier molecular flexibility index (Phi) is 1.99. The van der Waals surface area contributed by atoms with Gasteiger partial charge >= 0.3 is 0 Å². The van der Waals surface area contributed by atoms with Crippen LogP contribution < -0.4 is 0 Å². The molecule has 0 saturated heterocycles. The van der Waals surface area contributed by atoms with E-state index in [1.807, 2.05) is 0 Å². The van der Waals surface area contributed by atoms with Crippen molar-refractivity contribution in [3.05, 3.63) is 0 Å². The van der Waals surface area contributed by atoms with Crippen molar-refractivity contribution < 1.29 is 5.11 Å². The van der Waals surface area contributed by atoms with Crippen molar-refractivity contribution in [3.63, 3.8) is 0 Å². The van der Waals surface area contributed by atoms with Crippen molar-refractivity contribution in [1.82, 2.24) is 0 Å². The van der Waals surface area contributed by atoms with Crippen molar-refractivity contribution in [2.75, 3.05) is 0 Å². The normalized spacial score (nSPS) is 47.5. The molecular weight excluding hydrogens is 160 g/mol. The third kappa shape index (κ3) is 1.32. The van der Waals surface area contributed by atoms with Gasteiger partial charge in [0.15, 0.2) is 0 Å². The summed E-state index contributed by atoms with van der Waals surface area (Å²) in [7, 11) is 0. The minimum atomic E-state index is -0.334. The number of rotatable bonds is 3. The first-order chi connectivity index (χ1) is 5.98. The lowest BCUT2D eigenvalue weighted by Crippen LogP contribution is -2.41. The highest BCUT2D eigenvalue weighted by atomic mass is 16.3. The Hall–Kier alpha value is -0.0400. The smallest absolute Gasteiger partial charge is 0.0731 e. The number of hydrogen-bond acceptors (Lipinski definition) is 1. The Morgan fingerprint density at radius 2 is 1.38 bits per heavy atom. The average molecular weight is 182 g/mol. The van der Waals surface area contributed by atoms with Crippen LogP contribution in [0.5, 0.6) is 0 Å². The van der Waals surface area contributed by atoms with Crippen molar-refractivity contribution in [1.29, 1.82) is 0 Å². The molecule has 1 N–H and O–H groups in total. The SMILES string of the molecule is CC(C)C(O)([C@@H]1C[C@@H]1C)[C@H]1C[C@H]1C. The Balaban J connectivity index is 2.11. The second-order valence-electron chi connectivity index (χ2n) is 5.68. The monoisotopic (exact) mass is 182 g/mol. The van der Waals surface area contributed by atoms with Gasteiger partial charge in [0.1, 0.15) is 0 Å². The lowest BCUT2D eigenvalue weighted by atomic mass is 9.79. The highest BCUT2D eigenvalue weighted by molar-refractivity contribution is 5.10. The lowest BCUT2D eigenvalue weighted by molar-refractivity contribution is -0.0544. The highest BCUT2D eigenvalue weighted by Gasteiger charge is 2.60. The summed E-state index contributed by atoms with van der Waals surface area (Å²) in [4.78, 5) is 0. The molecule has 13 heavy (non-hydrogen) atoms. The van der Waals surface area contributed by atoms with Gasteiger partial charge in [-0.3, -0.25) is 0 Å². The van der Waals surface area contributed by atoms with Gasteiger partial charge in [-0.2, -0.15) is 0 Å². The zero-order valence-corrected chi connectivity index (χ0v) is 9.25. The molecular formula is C12H22O. The molecule has 0 aromatic heterocycles. The van der Waals surface area contributed by atoms with E-state index < -0.39 is 0 Å². The van der Waals surface area contributed by atoms with Gasteiger partial charge in [-0.15, -0.1) is 0 Å². The average Bonchev–Trinajstić information content (AvgIpc) is 2.89. The van der Waals surface area contributed by atoms with Crippen molar-refractivity contribution in [3.8, 4) is 0 Å². The van der Waals surface area contributed by atoms with Crippen LogP contribution >= 0.6 is 0 Å². The molecule has 5 atom stereocenters. The van der Waals surface area contributed by atoms with Crippen LogP contribution in [-0.4, -0.2) is 10.7 Å². The molecule has 2 aliphatic carbocycles. The maximum atomic E-state index is 10.7. The van der Waals surface area contributed by atoms with Gasteiger partial charge in [0.2, 0.25) is 0 Å². The predicted octanol–water partition coefficient (Wildman–Crippen LogP) is 2.69. The van der Waals surface area contributed by atoms with E-state index in [9.17, 15) is 5.11 Å². The molecule has 2 aliphatic rings. The molecule has 1 nitrogen and oxygen atoms in total. The first-order valence-corrected chi connectivity index (χ1v) is 5.70. The fourth-order valence-electron chi connectivity index (χ4n) is 3.06. The summed E-state index contributed by atoms with van der Waals surface area (Å²) in [6.07, 6.45) is 2.50. The maximum Gasteiger partial charge on any atom is 0.0731 e. The van der Waals surface area contributed by atoms with E-state index in [0.29, 0.717) is 17.8 Å². The Morgan fingerprint density at radius 1 is 1.08 bits per heavy atom. The zero-order valence-electron chi connectivity index (χ0n) is 9.25. The van der Waals surface area contributed by atoms with Crippen molar-refractivity contribution in [2.24, 2.45) is 29.6 Å². The van der Waals surface area contributed by atoms with E-state index in [0.717, 1.165) is 11.8 Å². The van der Waals surface area contributed by atoms with Crippen molar-refractivity contribution in [2.45, 2.75) is 46.1 Å². The molecule has 0 bridgehead atoms. The van der Waals surface area contributed by atoms with E-state index in [2.05, 4.69) is 27.7 Å². The minimum absolute atomic E-state index is 0.334. The molecule has 0 radical (unpaired) electrons. The van der Waals surface area contributed by atoms with E-state index in [-0.39, 0.29) is 5.60 Å². The number of hydrogen-bond donors (Lipinski definition) is 1. The summed E-state index contributed by atoms with van der Waals surface area (Å²) in [5.41, 5.74) is -0.334. The second-order valence-corrected chi connectivity index (χ2v) is 5.68. The van der Waals surface area contributed by atoms with Gasteiger partial charge in [-0.05, 0) is 42.4 Å². The summed E-state index contributed by atoms with van der Waals surface area (Å²) in [5, 5.41) is 10.7. The Labute approximate surface area is 81.5 Å². The van der Waals surface area contributed by atoms with E-state index in [4.69, 9.17) is 0 Å². The van der Waals surface area contributed by atoms with E-state index in [1.54, 1.807) is 0 Å². The van der Waals surface area contributed by atoms with Crippen LogP contribution in [0.4, 0.5) is 0 Å². The zero-order chi connectivity index (χ0) is 9.80. The third-order valence-corrected chi connectivity index (χ3v) is 4.33. The highest BCUT2D eigenvalue weighted by Crippen LogP contribution is 2.60. The molecule has 0 aliphatic heterocycles. The topological polar surface area (TPSA) is 20.2 Å².